The Morgan fingerprint density at radius 3 is 2.21 bits per heavy atom. The van der Waals surface area contributed by atoms with Crippen molar-refractivity contribution in [2.75, 3.05) is 20.1 Å². The predicted molar refractivity (Wildman–Crippen MR) is 60.4 cm³/mol. The molecular weight excluding hydrogens is 265 g/mol. The Hall–Kier alpha value is -1.31. The van der Waals surface area contributed by atoms with E-state index in [0.29, 0.717) is 4.90 Å². The van der Waals surface area contributed by atoms with Crippen LogP contribution < -0.4 is 0 Å². The van der Waals surface area contributed by atoms with Gasteiger partial charge < -0.3 is 5.11 Å². The van der Waals surface area contributed by atoms with Crippen LogP contribution >= 0.6 is 0 Å². The molecule has 2 amide bonds. The van der Waals surface area contributed by atoms with Crippen molar-refractivity contribution in [1.82, 2.24) is 4.90 Å². The van der Waals surface area contributed by atoms with E-state index in [2.05, 4.69) is 0 Å². The fourth-order valence-corrected chi connectivity index (χ4v) is 2.08. The highest BCUT2D eigenvalue weighted by atomic mass is 19.4. The minimum atomic E-state index is -4.61. The van der Waals surface area contributed by atoms with Crippen LogP contribution in [0, 0.1) is 0 Å². The summed E-state index contributed by atoms with van der Waals surface area (Å²) in [7, 11) is 1.47. The lowest BCUT2D eigenvalue weighted by Gasteiger charge is -2.38. The second-order valence-corrected chi connectivity index (χ2v) is 5.92. The first kappa shape index (κ1) is 15.7. The Kier molecular flexibility index (Phi) is 3.62. The molecule has 2 atom stereocenters. The van der Waals surface area contributed by atoms with Crippen molar-refractivity contribution in [3.8, 4) is 0 Å². The van der Waals surface area contributed by atoms with Crippen LogP contribution in [-0.4, -0.2) is 64.4 Å². The van der Waals surface area contributed by atoms with Gasteiger partial charge in [-0.1, -0.05) is 0 Å². The molecule has 19 heavy (non-hydrogen) atoms. The molecule has 1 fully saturated rings. The Labute approximate surface area is 109 Å². The fourth-order valence-electron chi connectivity index (χ4n) is 2.08. The first-order valence-electron chi connectivity index (χ1n) is 5.76. The first-order chi connectivity index (χ1) is 8.29. The molecule has 2 unspecified atom stereocenters. The van der Waals surface area contributed by atoms with Crippen molar-refractivity contribution in [3.05, 3.63) is 0 Å². The number of hydrogen-bond donors (Lipinski definition) is 1. The maximum absolute atomic E-state index is 12.5. The number of amides is 2. The van der Waals surface area contributed by atoms with Crippen LogP contribution in [0.2, 0.25) is 0 Å². The number of alkyl halides is 3. The van der Waals surface area contributed by atoms with Crippen LogP contribution in [0.5, 0.6) is 0 Å². The number of quaternary nitrogens is 1. The topological polar surface area (TPSA) is 57.6 Å². The maximum atomic E-state index is 12.5. The number of carboxylic acids is 1. The monoisotopic (exact) mass is 283 g/mol. The minimum absolute atomic E-state index is 0.173. The van der Waals surface area contributed by atoms with Crippen LogP contribution in [0.25, 0.3) is 0 Å². The molecule has 0 aromatic rings. The molecule has 1 rings (SSSR count). The average Bonchev–Trinajstić information content (AvgIpc) is 2.40. The largest absolute Gasteiger partial charge is 0.480 e. The molecule has 0 bridgehead atoms. The molecule has 1 N–H and O–H groups in total. The number of aliphatic carboxylic acids is 1. The third-order valence-electron chi connectivity index (χ3n) is 3.70. The summed E-state index contributed by atoms with van der Waals surface area (Å²) in [6.07, 6.45) is -4.61. The highest BCUT2D eigenvalue weighted by Crippen LogP contribution is 2.34. The van der Waals surface area contributed by atoms with E-state index in [1.54, 1.807) is 20.8 Å². The van der Waals surface area contributed by atoms with Gasteiger partial charge in [-0.25, -0.2) is 14.1 Å². The second kappa shape index (κ2) is 4.36. The van der Waals surface area contributed by atoms with E-state index >= 15 is 0 Å². The molecule has 1 aliphatic heterocycles. The van der Waals surface area contributed by atoms with Crippen molar-refractivity contribution in [3.63, 3.8) is 0 Å². The van der Waals surface area contributed by atoms with E-state index in [1.165, 1.54) is 7.05 Å². The van der Waals surface area contributed by atoms with Crippen molar-refractivity contribution in [2.45, 2.75) is 38.5 Å². The Bertz CT molecular complexity index is 403. The van der Waals surface area contributed by atoms with Gasteiger partial charge in [0.05, 0.1) is 12.6 Å². The zero-order valence-electron chi connectivity index (χ0n) is 11.3. The molecule has 0 spiro atoms. The quantitative estimate of drug-likeness (QED) is 0.784. The number of carbonyl (C=O) groups is 2. The summed E-state index contributed by atoms with van der Waals surface area (Å²) < 4.78 is 37.1. The molecule has 1 aliphatic rings. The molecule has 110 valence electrons. The maximum Gasteiger partial charge on any atom is 0.420 e. The minimum Gasteiger partial charge on any atom is -0.480 e. The summed E-state index contributed by atoms with van der Waals surface area (Å²) in [5.74, 6) is -1.41. The third kappa shape index (κ3) is 2.83. The summed E-state index contributed by atoms with van der Waals surface area (Å²) >= 11 is 0. The lowest BCUT2D eigenvalue weighted by molar-refractivity contribution is -0.870. The SMILES string of the molecule is CC(C)(C)[N+]1(C)CC(C(=O)O)N(CC(F)(F)F)C1=O. The molecule has 1 saturated heterocycles. The highest BCUT2D eigenvalue weighted by molar-refractivity contribution is 5.82. The number of hydrogen-bond acceptors (Lipinski definition) is 2. The number of urea groups is 1. The van der Waals surface area contributed by atoms with Crippen molar-refractivity contribution >= 4 is 12.0 Å². The number of nitrogens with zero attached hydrogens (tertiary/aromatic N) is 2. The van der Waals surface area contributed by atoms with Gasteiger partial charge in [-0.05, 0) is 20.8 Å². The molecule has 0 aliphatic carbocycles. The van der Waals surface area contributed by atoms with Gasteiger partial charge in [0.1, 0.15) is 13.1 Å². The van der Waals surface area contributed by atoms with Gasteiger partial charge in [0, 0.05) is 0 Å². The molecule has 0 saturated carbocycles. The van der Waals surface area contributed by atoms with Gasteiger partial charge in [-0.2, -0.15) is 13.2 Å². The smallest absolute Gasteiger partial charge is 0.420 e. The Morgan fingerprint density at radius 2 is 1.89 bits per heavy atom. The summed E-state index contributed by atoms with van der Waals surface area (Å²) in [4.78, 5) is 23.7. The van der Waals surface area contributed by atoms with E-state index in [4.69, 9.17) is 5.11 Å². The lowest BCUT2D eigenvalue weighted by Crippen LogP contribution is -2.59. The van der Waals surface area contributed by atoms with Gasteiger partial charge in [0.25, 0.3) is 0 Å². The molecule has 8 heteroatoms. The van der Waals surface area contributed by atoms with Crippen LogP contribution in [0.4, 0.5) is 18.0 Å². The number of rotatable bonds is 2. The van der Waals surface area contributed by atoms with E-state index in [9.17, 15) is 22.8 Å². The number of carbonyl (C=O) groups excluding carboxylic acids is 1. The Balaban J connectivity index is 3.16. The van der Waals surface area contributed by atoms with Crippen LogP contribution in [0.1, 0.15) is 20.8 Å². The zero-order chi connectivity index (χ0) is 15.2. The number of likely N-dealkylation sites (N-methyl/N-ethyl adjacent to an activating group) is 1. The standard InChI is InChI=1S/C11H17F3N2O3/c1-10(2,3)16(4)5-7(8(17)18)15(9(16)19)6-11(12,13)14/h7H,5-6H2,1-4H3/p+1. The molecule has 0 aromatic heterocycles. The van der Waals surface area contributed by atoms with Crippen LogP contribution in [0.3, 0.4) is 0 Å². The van der Waals surface area contributed by atoms with E-state index in [0.717, 1.165) is 0 Å². The zero-order valence-corrected chi connectivity index (χ0v) is 11.3. The van der Waals surface area contributed by atoms with Gasteiger partial charge >= 0.3 is 18.2 Å². The summed E-state index contributed by atoms with van der Waals surface area (Å²) in [6.45, 7) is 3.38. The molecular formula is C11H18F3N2O3+. The molecule has 0 radical (unpaired) electrons. The van der Waals surface area contributed by atoms with Crippen molar-refractivity contribution in [2.24, 2.45) is 0 Å². The normalized spacial score (nSPS) is 28.9. The van der Waals surface area contributed by atoms with E-state index in [1.807, 2.05) is 0 Å². The van der Waals surface area contributed by atoms with Crippen LogP contribution in [-0.2, 0) is 4.79 Å². The third-order valence-corrected chi connectivity index (χ3v) is 3.70. The number of carboxylic acid groups (broad SMARTS) is 1. The second-order valence-electron chi connectivity index (χ2n) is 5.92. The fraction of sp³-hybridized carbons (Fsp3) is 0.818. The first-order valence-corrected chi connectivity index (χ1v) is 5.76. The van der Waals surface area contributed by atoms with Crippen molar-refractivity contribution < 1.29 is 32.3 Å². The van der Waals surface area contributed by atoms with Gasteiger partial charge in [0.2, 0.25) is 0 Å². The van der Waals surface area contributed by atoms with Gasteiger partial charge in [-0.15, -0.1) is 0 Å². The van der Waals surface area contributed by atoms with E-state index < -0.39 is 36.3 Å². The van der Waals surface area contributed by atoms with Crippen molar-refractivity contribution in [1.29, 1.82) is 0 Å². The van der Waals surface area contributed by atoms with Gasteiger partial charge in [-0.3, -0.25) is 4.90 Å². The van der Waals surface area contributed by atoms with E-state index in [-0.39, 0.29) is 11.0 Å². The molecule has 0 aromatic carbocycles. The average molecular weight is 283 g/mol. The summed E-state index contributed by atoms with van der Waals surface area (Å²) in [5, 5.41) is 9.02. The lowest BCUT2D eigenvalue weighted by atomic mass is 10.0. The highest BCUT2D eigenvalue weighted by Gasteiger charge is 2.59. The van der Waals surface area contributed by atoms with Gasteiger partial charge in [0.15, 0.2) is 6.04 Å². The Morgan fingerprint density at radius 1 is 1.42 bits per heavy atom. The molecule has 1 heterocycles. The summed E-state index contributed by atoms with van der Waals surface area (Å²) in [6, 6.07) is -2.25. The predicted octanol–water partition coefficient (Wildman–Crippen LogP) is 1.68. The summed E-state index contributed by atoms with van der Waals surface area (Å²) in [5.41, 5.74) is -0.675. The number of halogens is 3. The van der Waals surface area contributed by atoms with Crippen LogP contribution in [0.15, 0.2) is 0 Å². The molecule has 5 nitrogen and oxygen atoms in total.